The van der Waals surface area contributed by atoms with Crippen LogP contribution in [0.15, 0.2) is 55.0 Å². The molecule has 0 fully saturated rings. The predicted molar refractivity (Wildman–Crippen MR) is 132 cm³/mol. The van der Waals surface area contributed by atoms with Gasteiger partial charge in [-0.05, 0) is 37.8 Å². The van der Waals surface area contributed by atoms with E-state index in [4.69, 9.17) is 4.98 Å². The van der Waals surface area contributed by atoms with E-state index in [0.717, 1.165) is 44.4 Å². The molecule has 168 valence electrons. The maximum atomic E-state index is 12.8. The Morgan fingerprint density at radius 1 is 1.15 bits per heavy atom. The lowest BCUT2D eigenvalue weighted by Crippen LogP contribution is -2.35. The van der Waals surface area contributed by atoms with Crippen LogP contribution in [0.25, 0.3) is 50.5 Å². The number of hydrogen-bond acceptors (Lipinski definition) is 5. The lowest BCUT2D eigenvalue weighted by Gasteiger charge is -2.19. The van der Waals surface area contributed by atoms with Crippen LogP contribution in [0.1, 0.15) is 37.6 Å². The first-order chi connectivity index (χ1) is 16.6. The van der Waals surface area contributed by atoms with E-state index in [1.165, 1.54) is 0 Å². The summed E-state index contributed by atoms with van der Waals surface area (Å²) < 4.78 is 0. The molecule has 1 amide bonds. The van der Waals surface area contributed by atoms with Crippen LogP contribution in [0.4, 0.5) is 0 Å². The van der Waals surface area contributed by atoms with E-state index >= 15 is 0 Å². The summed E-state index contributed by atoms with van der Waals surface area (Å²) >= 11 is 0. The van der Waals surface area contributed by atoms with Crippen molar-refractivity contribution < 1.29 is 4.79 Å². The summed E-state index contributed by atoms with van der Waals surface area (Å²) in [4.78, 5) is 29.9. The number of pyridine rings is 2. The van der Waals surface area contributed by atoms with E-state index in [-0.39, 0.29) is 17.9 Å². The van der Waals surface area contributed by atoms with Gasteiger partial charge in [0.1, 0.15) is 5.69 Å². The standard InChI is InChI=1S/C26H23N7O/c1-14(2)29-26(34)18-8-5-9-21-22(18)31-25(30-21)23-19-10-16(12-28-24(19)33-32-23)20-13-27-11-15-6-3-4-7-17(15)20/h3-7,9-14,18H,8H2,1-2H3,(H,29,34)(H,30,31)(H,28,32,33). The number of hydrogen-bond donors (Lipinski definition) is 3. The smallest absolute Gasteiger partial charge is 0.229 e. The Hall–Kier alpha value is -4.33. The number of aromatic nitrogens is 6. The maximum absolute atomic E-state index is 12.8. The van der Waals surface area contributed by atoms with Gasteiger partial charge in [0.25, 0.3) is 0 Å². The van der Waals surface area contributed by atoms with Gasteiger partial charge in [-0.25, -0.2) is 9.97 Å². The third-order valence-electron chi connectivity index (χ3n) is 6.13. The van der Waals surface area contributed by atoms with Crippen LogP contribution in [-0.2, 0) is 4.79 Å². The van der Waals surface area contributed by atoms with Gasteiger partial charge < -0.3 is 10.3 Å². The van der Waals surface area contributed by atoms with Crippen molar-refractivity contribution in [2.75, 3.05) is 0 Å². The number of nitrogens with one attached hydrogen (secondary N) is 3. The van der Waals surface area contributed by atoms with Crippen LogP contribution in [0.2, 0.25) is 0 Å². The van der Waals surface area contributed by atoms with Gasteiger partial charge in [0.2, 0.25) is 5.91 Å². The van der Waals surface area contributed by atoms with Gasteiger partial charge in [-0.2, -0.15) is 5.10 Å². The van der Waals surface area contributed by atoms with Gasteiger partial charge in [-0.3, -0.25) is 14.9 Å². The highest BCUT2D eigenvalue weighted by Gasteiger charge is 2.28. The number of benzene rings is 1. The molecule has 6 rings (SSSR count). The van der Waals surface area contributed by atoms with Crippen LogP contribution < -0.4 is 5.32 Å². The number of allylic oxidation sites excluding steroid dienone is 1. The van der Waals surface area contributed by atoms with Gasteiger partial charge >= 0.3 is 0 Å². The van der Waals surface area contributed by atoms with Crippen LogP contribution in [0, 0.1) is 0 Å². The molecule has 0 saturated carbocycles. The van der Waals surface area contributed by atoms with Crippen molar-refractivity contribution in [1.29, 1.82) is 0 Å². The van der Waals surface area contributed by atoms with Gasteiger partial charge in [0.15, 0.2) is 11.5 Å². The topological polar surface area (TPSA) is 112 Å². The zero-order valence-electron chi connectivity index (χ0n) is 18.8. The first-order valence-corrected chi connectivity index (χ1v) is 11.3. The van der Waals surface area contributed by atoms with E-state index in [0.29, 0.717) is 17.9 Å². The summed E-state index contributed by atoms with van der Waals surface area (Å²) in [5, 5.41) is 13.5. The Bertz CT molecular complexity index is 1570. The van der Waals surface area contributed by atoms with Crippen molar-refractivity contribution in [3.8, 4) is 22.6 Å². The molecule has 1 aliphatic carbocycles. The van der Waals surface area contributed by atoms with Gasteiger partial charge in [-0.15, -0.1) is 0 Å². The zero-order valence-corrected chi connectivity index (χ0v) is 18.8. The van der Waals surface area contributed by atoms with E-state index in [1.54, 1.807) is 0 Å². The Labute approximate surface area is 195 Å². The third-order valence-corrected chi connectivity index (χ3v) is 6.13. The predicted octanol–water partition coefficient (Wildman–Crippen LogP) is 4.59. The minimum atomic E-state index is -0.298. The highest BCUT2D eigenvalue weighted by molar-refractivity contribution is 5.99. The summed E-state index contributed by atoms with van der Waals surface area (Å²) in [7, 11) is 0. The molecule has 0 bridgehead atoms. The van der Waals surface area contributed by atoms with Crippen molar-refractivity contribution >= 4 is 33.8 Å². The molecular formula is C26H23N7O. The number of H-pyrrole nitrogens is 2. The van der Waals surface area contributed by atoms with Crippen molar-refractivity contribution in [3.63, 3.8) is 0 Å². The van der Waals surface area contributed by atoms with Crippen LogP contribution in [0.5, 0.6) is 0 Å². The van der Waals surface area contributed by atoms with Crippen LogP contribution in [-0.4, -0.2) is 42.1 Å². The van der Waals surface area contributed by atoms with Crippen molar-refractivity contribution in [2.45, 2.75) is 32.2 Å². The van der Waals surface area contributed by atoms with Crippen molar-refractivity contribution in [2.24, 2.45) is 0 Å². The van der Waals surface area contributed by atoms with E-state index in [9.17, 15) is 4.79 Å². The molecular weight excluding hydrogens is 426 g/mol. The van der Waals surface area contributed by atoms with Crippen LogP contribution in [0.3, 0.4) is 0 Å². The largest absolute Gasteiger partial charge is 0.353 e. The molecule has 3 N–H and O–H groups in total. The molecule has 0 saturated heterocycles. The third kappa shape index (κ3) is 3.35. The van der Waals surface area contributed by atoms with Gasteiger partial charge in [0, 0.05) is 41.1 Å². The number of aromatic amines is 2. The fourth-order valence-electron chi connectivity index (χ4n) is 4.54. The quantitative estimate of drug-likeness (QED) is 0.372. The molecule has 8 nitrogen and oxygen atoms in total. The van der Waals surface area contributed by atoms with E-state index in [2.05, 4.69) is 42.6 Å². The van der Waals surface area contributed by atoms with Crippen LogP contribution >= 0.6 is 0 Å². The lowest BCUT2D eigenvalue weighted by molar-refractivity contribution is -0.123. The minimum absolute atomic E-state index is 0.00215. The molecule has 5 aromatic rings. The highest BCUT2D eigenvalue weighted by Crippen LogP contribution is 2.34. The first-order valence-electron chi connectivity index (χ1n) is 11.3. The molecule has 4 heterocycles. The second-order valence-electron chi connectivity index (χ2n) is 8.84. The molecule has 1 unspecified atom stereocenters. The van der Waals surface area contributed by atoms with Crippen molar-refractivity contribution in [3.05, 3.63) is 66.4 Å². The summed E-state index contributed by atoms with van der Waals surface area (Å²) in [6.07, 6.45) is 10.1. The first kappa shape index (κ1) is 20.3. The van der Waals surface area contributed by atoms with Crippen molar-refractivity contribution in [1.82, 2.24) is 35.5 Å². The number of carbonyl (C=O) groups excluding carboxylic acids is 1. The Kier molecular flexibility index (Phi) is 4.72. The summed E-state index contributed by atoms with van der Waals surface area (Å²) in [5.41, 5.74) is 4.89. The second-order valence-corrected chi connectivity index (χ2v) is 8.84. The maximum Gasteiger partial charge on any atom is 0.229 e. The second kappa shape index (κ2) is 7.91. The molecule has 8 heteroatoms. The number of fused-ring (bicyclic) bond motifs is 3. The normalized spacial score (nSPS) is 15.2. The molecule has 0 spiro atoms. The monoisotopic (exact) mass is 449 g/mol. The summed E-state index contributed by atoms with van der Waals surface area (Å²) in [6.45, 7) is 3.92. The number of rotatable bonds is 4. The number of amides is 1. The van der Waals surface area contributed by atoms with E-state index < -0.39 is 0 Å². The Balaban J connectivity index is 1.44. The number of imidazole rings is 1. The molecule has 1 aromatic carbocycles. The Morgan fingerprint density at radius 3 is 2.91 bits per heavy atom. The summed E-state index contributed by atoms with van der Waals surface area (Å²) in [5.74, 6) is 0.336. The molecule has 4 aromatic heterocycles. The minimum Gasteiger partial charge on any atom is -0.353 e. The van der Waals surface area contributed by atoms with E-state index in [1.807, 2.05) is 62.8 Å². The molecule has 0 aliphatic heterocycles. The Morgan fingerprint density at radius 2 is 2.03 bits per heavy atom. The fourth-order valence-corrected chi connectivity index (χ4v) is 4.54. The summed E-state index contributed by atoms with van der Waals surface area (Å²) in [6, 6.07) is 10.3. The molecule has 1 aliphatic rings. The number of nitrogens with zero attached hydrogens (tertiary/aromatic N) is 4. The molecule has 34 heavy (non-hydrogen) atoms. The highest BCUT2D eigenvalue weighted by atomic mass is 16.1. The molecule has 1 atom stereocenters. The average molecular weight is 450 g/mol. The number of carbonyl (C=O) groups is 1. The average Bonchev–Trinajstić information content (AvgIpc) is 3.46. The fraction of sp³-hybridized carbons (Fsp3) is 0.192. The zero-order chi connectivity index (χ0) is 23.2. The van der Waals surface area contributed by atoms with Gasteiger partial charge in [-0.1, -0.05) is 30.3 Å². The lowest BCUT2D eigenvalue weighted by atomic mass is 9.94. The molecule has 0 radical (unpaired) electrons. The van der Waals surface area contributed by atoms with Gasteiger partial charge in [0.05, 0.1) is 22.7 Å². The SMILES string of the molecule is CC(C)NC(=O)C1CC=Cc2nc(-c3[nH]nc4ncc(-c5cncc6ccccc56)cc34)[nH]c21.